The van der Waals surface area contributed by atoms with E-state index in [1.165, 1.54) is 0 Å². The zero-order valence-electron chi connectivity index (χ0n) is 15.4. The van der Waals surface area contributed by atoms with Crippen molar-refractivity contribution in [3.05, 3.63) is 35.4 Å². The third kappa shape index (κ3) is 6.25. The second-order valence-corrected chi connectivity index (χ2v) is 6.77. The number of carboxylic acid groups (broad SMARTS) is 1. The number of rotatable bonds is 9. The molecule has 2 rings (SSSR count). The molecule has 1 amide bonds. The van der Waals surface area contributed by atoms with Gasteiger partial charge in [0.1, 0.15) is 6.61 Å². The Balaban J connectivity index is 1.82. The maximum Gasteiger partial charge on any atom is 0.329 e. The van der Waals surface area contributed by atoms with Crippen molar-refractivity contribution in [1.29, 1.82) is 5.53 Å². The van der Waals surface area contributed by atoms with Gasteiger partial charge in [0, 0.05) is 31.0 Å². The Kier molecular flexibility index (Phi) is 7.60. The first-order valence-corrected chi connectivity index (χ1v) is 8.98. The van der Waals surface area contributed by atoms with Crippen molar-refractivity contribution in [3.63, 3.8) is 0 Å². The molecule has 1 fully saturated rings. The summed E-state index contributed by atoms with van der Waals surface area (Å²) in [5.74, 6) is -1.57. The topological polar surface area (TPSA) is 120 Å². The van der Waals surface area contributed by atoms with E-state index in [1.807, 2.05) is 0 Å². The Morgan fingerprint density at radius 2 is 1.89 bits per heavy atom. The van der Waals surface area contributed by atoms with Gasteiger partial charge in [-0.1, -0.05) is 31.2 Å². The molecule has 27 heavy (non-hydrogen) atoms. The summed E-state index contributed by atoms with van der Waals surface area (Å²) in [5.41, 5.74) is 8.26. The Labute approximate surface area is 158 Å². The van der Waals surface area contributed by atoms with Gasteiger partial charge in [0.05, 0.1) is 12.6 Å². The number of Topliss-reactive ketones (excluding diaryl/α,β-unsaturated/α-hetero) is 1. The van der Waals surface area contributed by atoms with E-state index in [2.05, 4.69) is 5.11 Å². The summed E-state index contributed by atoms with van der Waals surface area (Å²) in [4.78, 5) is 37.2. The highest BCUT2D eigenvalue weighted by Gasteiger charge is 2.28. The van der Waals surface area contributed by atoms with Crippen LogP contribution in [0.25, 0.3) is 0 Å². The van der Waals surface area contributed by atoms with E-state index in [9.17, 15) is 14.4 Å². The van der Waals surface area contributed by atoms with Gasteiger partial charge in [-0.3, -0.25) is 9.59 Å². The average molecular weight is 375 g/mol. The van der Waals surface area contributed by atoms with Crippen molar-refractivity contribution in [3.8, 4) is 0 Å². The summed E-state index contributed by atoms with van der Waals surface area (Å²) in [6.07, 6.45) is 1.19. The van der Waals surface area contributed by atoms with E-state index in [0.29, 0.717) is 31.5 Å². The first-order valence-electron chi connectivity index (χ1n) is 8.98. The highest BCUT2D eigenvalue weighted by Crippen LogP contribution is 2.19. The summed E-state index contributed by atoms with van der Waals surface area (Å²) >= 11 is 0. The summed E-state index contributed by atoms with van der Waals surface area (Å²) in [6.45, 7) is 2.73. The number of nitrogens with zero attached hydrogens (tertiary/aromatic N) is 2. The normalized spacial score (nSPS) is 16.0. The smallest absolute Gasteiger partial charge is 0.329 e. The number of hydrogen-bond donors (Lipinski definition) is 2. The Morgan fingerprint density at radius 3 is 2.44 bits per heavy atom. The fraction of sp³-hybridized carbons (Fsp3) is 0.526. The van der Waals surface area contributed by atoms with E-state index < -0.39 is 11.9 Å². The lowest BCUT2D eigenvalue weighted by Gasteiger charge is -2.33. The third-order valence-corrected chi connectivity index (χ3v) is 4.65. The molecule has 1 aromatic rings. The number of amides is 1. The molecule has 1 saturated heterocycles. The second kappa shape index (κ2) is 9.91. The van der Waals surface area contributed by atoms with Gasteiger partial charge in [-0.2, -0.15) is 5.11 Å². The largest absolute Gasteiger partial charge is 0.480 e. The lowest BCUT2D eigenvalue weighted by molar-refractivity contribution is -0.147. The number of carboxylic acids is 1. The minimum absolute atomic E-state index is 0.0651. The SMILES string of the molecule is CC(CC(=O)c1ccc(CN=N)cc1)C(=O)N1CCC(OCC(=O)O)CC1. The van der Waals surface area contributed by atoms with Gasteiger partial charge in [-0.25, -0.2) is 10.3 Å². The number of aliphatic carboxylic acids is 1. The van der Waals surface area contributed by atoms with E-state index in [1.54, 1.807) is 36.1 Å². The standard InChI is InChI=1S/C19H25N3O5/c1-13(10-17(23)15-4-2-14(3-5-15)11-21-20)19(26)22-8-6-16(7-9-22)27-12-18(24)25/h2-5,13,16,20H,6-12H2,1H3,(H,24,25). The van der Waals surface area contributed by atoms with Crippen LogP contribution in [0.15, 0.2) is 29.4 Å². The predicted octanol–water partition coefficient (Wildman–Crippen LogP) is 2.52. The minimum Gasteiger partial charge on any atom is -0.480 e. The molecule has 0 radical (unpaired) electrons. The van der Waals surface area contributed by atoms with E-state index in [0.717, 1.165) is 5.56 Å². The van der Waals surface area contributed by atoms with Crippen LogP contribution in [0, 0.1) is 11.4 Å². The zero-order valence-corrected chi connectivity index (χ0v) is 15.4. The van der Waals surface area contributed by atoms with Crippen LogP contribution in [-0.2, 0) is 20.9 Å². The van der Waals surface area contributed by atoms with Gasteiger partial charge in [0.25, 0.3) is 0 Å². The first kappa shape index (κ1) is 20.7. The van der Waals surface area contributed by atoms with Gasteiger partial charge >= 0.3 is 5.97 Å². The fourth-order valence-electron chi connectivity index (χ4n) is 3.11. The van der Waals surface area contributed by atoms with Crippen molar-refractivity contribution >= 4 is 17.7 Å². The van der Waals surface area contributed by atoms with Gasteiger partial charge in [0.15, 0.2) is 5.78 Å². The molecule has 1 unspecified atom stereocenters. The zero-order chi connectivity index (χ0) is 19.8. The second-order valence-electron chi connectivity index (χ2n) is 6.77. The summed E-state index contributed by atoms with van der Waals surface area (Å²) in [6, 6.07) is 6.93. The molecule has 146 valence electrons. The van der Waals surface area contributed by atoms with Gasteiger partial charge in [-0.15, -0.1) is 0 Å². The highest BCUT2D eigenvalue weighted by molar-refractivity contribution is 5.98. The maximum absolute atomic E-state index is 12.6. The molecular weight excluding hydrogens is 350 g/mol. The number of benzene rings is 1. The van der Waals surface area contributed by atoms with Crippen molar-refractivity contribution < 1.29 is 24.2 Å². The van der Waals surface area contributed by atoms with E-state index >= 15 is 0 Å². The maximum atomic E-state index is 12.6. The molecule has 0 spiro atoms. The summed E-state index contributed by atoms with van der Waals surface area (Å²) < 4.78 is 5.27. The number of carbonyl (C=O) groups is 3. The summed E-state index contributed by atoms with van der Waals surface area (Å²) in [5, 5.41) is 11.9. The Morgan fingerprint density at radius 1 is 1.26 bits per heavy atom. The average Bonchev–Trinajstić information content (AvgIpc) is 2.67. The number of carbonyl (C=O) groups excluding carboxylic acids is 2. The summed E-state index contributed by atoms with van der Waals surface area (Å²) in [7, 11) is 0. The minimum atomic E-state index is -0.997. The number of likely N-dealkylation sites (tertiary alicyclic amines) is 1. The lowest BCUT2D eigenvalue weighted by atomic mass is 9.96. The molecule has 0 aliphatic carbocycles. The molecule has 1 heterocycles. The van der Waals surface area contributed by atoms with Crippen LogP contribution < -0.4 is 0 Å². The molecule has 8 nitrogen and oxygen atoms in total. The monoisotopic (exact) mass is 375 g/mol. The molecule has 0 aromatic heterocycles. The van der Waals surface area contributed by atoms with E-state index in [-0.39, 0.29) is 37.4 Å². The van der Waals surface area contributed by atoms with Gasteiger partial charge in [0.2, 0.25) is 5.91 Å². The fourth-order valence-corrected chi connectivity index (χ4v) is 3.11. The van der Waals surface area contributed by atoms with Crippen LogP contribution >= 0.6 is 0 Å². The number of piperidine rings is 1. The van der Waals surface area contributed by atoms with Gasteiger partial charge < -0.3 is 14.7 Å². The molecule has 0 saturated carbocycles. The molecule has 8 heteroatoms. The van der Waals surface area contributed by atoms with Crippen LogP contribution in [0.3, 0.4) is 0 Å². The van der Waals surface area contributed by atoms with Crippen LogP contribution in [0.5, 0.6) is 0 Å². The van der Waals surface area contributed by atoms with Crippen LogP contribution in [0.4, 0.5) is 0 Å². The number of hydrogen-bond acceptors (Lipinski definition) is 6. The van der Waals surface area contributed by atoms with Crippen molar-refractivity contribution in [2.45, 2.75) is 38.8 Å². The number of nitrogens with one attached hydrogen (secondary N) is 1. The third-order valence-electron chi connectivity index (χ3n) is 4.65. The molecule has 1 atom stereocenters. The number of ketones is 1. The first-order chi connectivity index (χ1) is 12.9. The molecular formula is C19H25N3O5. The van der Waals surface area contributed by atoms with E-state index in [4.69, 9.17) is 15.4 Å². The van der Waals surface area contributed by atoms with Crippen molar-refractivity contribution in [1.82, 2.24) is 4.90 Å². The Hall–Kier alpha value is -2.61. The lowest BCUT2D eigenvalue weighted by Crippen LogP contribution is -2.43. The molecule has 0 bridgehead atoms. The molecule has 1 aromatic carbocycles. The van der Waals surface area contributed by atoms with Crippen molar-refractivity contribution in [2.75, 3.05) is 19.7 Å². The van der Waals surface area contributed by atoms with Crippen molar-refractivity contribution in [2.24, 2.45) is 11.0 Å². The molecule has 1 aliphatic rings. The predicted molar refractivity (Wildman–Crippen MR) is 96.6 cm³/mol. The van der Waals surface area contributed by atoms with Crippen LogP contribution in [0.1, 0.15) is 42.1 Å². The highest BCUT2D eigenvalue weighted by atomic mass is 16.5. The van der Waals surface area contributed by atoms with Crippen LogP contribution in [0.2, 0.25) is 0 Å². The Bertz CT molecular complexity index is 681. The number of ether oxygens (including phenoxy) is 1. The quantitative estimate of drug-likeness (QED) is 0.507. The van der Waals surface area contributed by atoms with Crippen LogP contribution in [-0.4, -0.2) is 53.5 Å². The molecule has 2 N–H and O–H groups in total. The van der Waals surface area contributed by atoms with Gasteiger partial charge in [-0.05, 0) is 18.4 Å². The molecule has 1 aliphatic heterocycles.